The lowest BCUT2D eigenvalue weighted by atomic mass is 10.0. The van der Waals surface area contributed by atoms with Gasteiger partial charge in [-0.3, -0.25) is 9.00 Å². The average Bonchev–Trinajstić information content (AvgIpc) is 3.06. The summed E-state index contributed by atoms with van der Waals surface area (Å²) < 4.78 is 26.2. The summed E-state index contributed by atoms with van der Waals surface area (Å²) in [6.45, 7) is 2.63. The number of nitrogens with zero attached hydrogens (tertiary/aromatic N) is 1. The zero-order valence-electron chi connectivity index (χ0n) is 14.3. The third-order valence-corrected chi connectivity index (χ3v) is 6.04. The predicted molar refractivity (Wildman–Crippen MR) is 99.3 cm³/mol. The topological polar surface area (TPSA) is 61.4 Å². The van der Waals surface area contributed by atoms with Gasteiger partial charge in [0.05, 0.1) is 32.8 Å². The van der Waals surface area contributed by atoms with Gasteiger partial charge in [-0.2, -0.15) is 0 Å². The Morgan fingerprint density at radius 3 is 2.81 bits per heavy atom. The lowest BCUT2D eigenvalue weighted by molar-refractivity contribution is 0.0731. The first-order chi connectivity index (χ1) is 12.6. The van der Waals surface area contributed by atoms with E-state index in [1.807, 2.05) is 18.2 Å². The quantitative estimate of drug-likeness (QED) is 0.863. The number of piperazine rings is 1. The molecule has 2 aliphatic rings. The van der Waals surface area contributed by atoms with Gasteiger partial charge in [-0.15, -0.1) is 0 Å². The molecule has 0 aliphatic carbocycles. The number of fused-ring (bicyclic) bond motifs is 1. The van der Waals surface area contributed by atoms with Crippen molar-refractivity contribution < 1.29 is 13.4 Å². The van der Waals surface area contributed by atoms with Gasteiger partial charge in [0, 0.05) is 26.2 Å². The summed E-state index contributed by atoms with van der Waals surface area (Å²) in [5.74, 6) is -0.333. The fourth-order valence-electron chi connectivity index (χ4n) is 3.43. The van der Waals surface area contributed by atoms with E-state index >= 15 is 0 Å². The second-order valence-corrected chi connectivity index (χ2v) is 7.91. The number of benzene rings is 2. The number of amides is 1. The summed E-state index contributed by atoms with van der Waals surface area (Å²) in [6, 6.07) is 10.4. The molecule has 1 atom stereocenters. The van der Waals surface area contributed by atoms with Gasteiger partial charge >= 0.3 is 0 Å². The minimum Gasteiger partial charge on any atom is -0.372 e. The number of carbonyl (C=O) groups excluding carboxylic acids is 1. The monoisotopic (exact) mass is 373 g/mol. The van der Waals surface area contributed by atoms with Crippen molar-refractivity contribution in [3.8, 4) is 0 Å². The lowest BCUT2D eigenvalue weighted by Gasteiger charge is -2.27. The SMILES string of the molecule is O=C(c1cc(Cc2cccc3c2NCS3=O)ccc1F)N1CCNCC1. The van der Waals surface area contributed by atoms with Crippen LogP contribution in [0.4, 0.5) is 10.1 Å². The molecular weight excluding hydrogens is 353 g/mol. The molecule has 2 N–H and O–H groups in total. The van der Waals surface area contributed by atoms with Gasteiger partial charge in [-0.1, -0.05) is 18.2 Å². The van der Waals surface area contributed by atoms with E-state index in [-0.39, 0.29) is 11.5 Å². The van der Waals surface area contributed by atoms with Crippen LogP contribution in [0.5, 0.6) is 0 Å². The van der Waals surface area contributed by atoms with E-state index in [0.29, 0.717) is 25.4 Å². The molecule has 136 valence electrons. The van der Waals surface area contributed by atoms with Crippen LogP contribution >= 0.6 is 0 Å². The molecule has 1 amide bonds. The van der Waals surface area contributed by atoms with Gasteiger partial charge in [0.15, 0.2) is 0 Å². The fraction of sp³-hybridized carbons (Fsp3) is 0.316. The second kappa shape index (κ2) is 7.17. The zero-order valence-corrected chi connectivity index (χ0v) is 15.1. The van der Waals surface area contributed by atoms with Gasteiger partial charge in [0.25, 0.3) is 5.91 Å². The highest BCUT2D eigenvalue weighted by Gasteiger charge is 2.23. The predicted octanol–water partition coefficient (Wildman–Crippen LogP) is 1.95. The molecule has 0 spiro atoms. The second-order valence-electron chi connectivity index (χ2n) is 6.49. The Balaban J connectivity index is 1.61. The van der Waals surface area contributed by atoms with E-state index in [4.69, 9.17) is 0 Å². The van der Waals surface area contributed by atoms with Crippen LogP contribution in [0.1, 0.15) is 21.5 Å². The molecular formula is C19H20FN3O2S. The number of carbonyl (C=O) groups is 1. The maximum absolute atomic E-state index is 14.3. The van der Waals surface area contributed by atoms with Gasteiger partial charge < -0.3 is 15.5 Å². The van der Waals surface area contributed by atoms with Crippen molar-refractivity contribution in [3.63, 3.8) is 0 Å². The first-order valence-electron chi connectivity index (χ1n) is 8.66. The van der Waals surface area contributed by atoms with Crippen LogP contribution in [-0.2, 0) is 17.2 Å². The largest absolute Gasteiger partial charge is 0.372 e. The lowest BCUT2D eigenvalue weighted by Crippen LogP contribution is -2.46. The summed E-state index contributed by atoms with van der Waals surface area (Å²) in [5, 5.41) is 6.37. The molecule has 1 fully saturated rings. The smallest absolute Gasteiger partial charge is 0.256 e. The number of anilines is 1. The number of nitrogens with one attached hydrogen (secondary N) is 2. The number of hydrogen-bond acceptors (Lipinski definition) is 4. The molecule has 0 aromatic heterocycles. The molecule has 0 saturated carbocycles. The number of para-hydroxylation sites is 1. The van der Waals surface area contributed by atoms with Crippen LogP contribution in [0.25, 0.3) is 0 Å². The molecule has 2 aromatic rings. The Morgan fingerprint density at radius 1 is 1.19 bits per heavy atom. The highest BCUT2D eigenvalue weighted by Crippen LogP contribution is 2.31. The van der Waals surface area contributed by atoms with Crippen molar-refractivity contribution in [1.29, 1.82) is 0 Å². The standard InChI is InChI=1S/C19H20FN3O2S/c20-16-5-4-13(11-15(16)19(24)23-8-6-21-7-9-23)10-14-2-1-3-17-18(14)22-12-26(17)25/h1-5,11,21-22H,6-10,12H2. The summed E-state index contributed by atoms with van der Waals surface area (Å²) in [5.41, 5.74) is 2.87. The fourth-order valence-corrected chi connectivity index (χ4v) is 4.53. The number of hydrogen-bond donors (Lipinski definition) is 2. The molecule has 0 bridgehead atoms. The Bertz CT molecular complexity index is 881. The first-order valence-corrected chi connectivity index (χ1v) is 9.98. The molecule has 2 aromatic carbocycles. The van der Waals surface area contributed by atoms with Crippen LogP contribution in [0.2, 0.25) is 0 Å². The van der Waals surface area contributed by atoms with Crippen molar-refractivity contribution in [1.82, 2.24) is 10.2 Å². The van der Waals surface area contributed by atoms with Crippen LogP contribution < -0.4 is 10.6 Å². The Kier molecular flexibility index (Phi) is 4.74. The summed E-state index contributed by atoms with van der Waals surface area (Å²) in [7, 11) is -1.02. The summed E-state index contributed by atoms with van der Waals surface area (Å²) in [6.07, 6.45) is 0.551. The normalized spacial score (nSPS) is 19.1. The van der Waals surface area contributed by atoms with E-state index in [1.165, 1.54) is 6.07 Å². The molecule has 1 saturated heterocycles. The third kappa shape index (κ3) is 3.24. The highest BCUT2D eigenvalue weighted by atomic mass is 32.2. The summed E-state index contributed by atoms with van der Waals surface area (Å²) >= 11 is 0. The molecule has 26 heavy (non-hydrogen) atoms. The maximum Gasteiger partial charge on any atom is 0.256 e. The van der Waals surface area contributed by atoms with Crippen LogP contribution in [0, 0.1) is 5.82 Å². The van der Waals surface area contributed by atoms with Crippen molar-refractivity contribution in [2.45, 2.75) is 11.3 Å². The van der Waals surface area contributed by atoms with Crippen LogP contribution in [-0.4, -0.2) is 47.1 Å². The van der Waals surface area contributed by atoms with E-state index in [1.54, 1.807) is 17.0 Å². The van der Waals surface area contributed by atoms with Crippen LogP contribution in [0.15, 0.2) is 41.3 Å². The van der Waals surface area contributed by atoms with Gasteiger partial charge in [-0.05, 0) is 35.7 Å². The minimum atomic E-state index is -1.02. The molecule has 4 rings (SSSR count). The molecule has 0 radical (unpaired) electrons. The molecule has 7 heteroatoms. The van der Waals surface area contributed by atoms with Crippen molar-refractivity contribution in [2.75, 3.05) is 37.4 Å². The van der Waals surface area contributed by atoms with E-state index in [0.717, 1.165) is 34.8 Å². The zero-order chi connectivity index (χ0) is 18.1. The average molecular weight is 373 g/mol. The Hall–Kier alpha value is -2.25. The minimum absolute atomic E-state index is 0.119. The highest BCUT2D eigenvalue weighted by molar-refractivity contribution is 7.85. The first kappa shape index (κ1) is 17.2. The molecule has 1 unspecified atom stereocenters. The molecule has 2 aliphatic heterocycles. The van der Waals surface area contributed by atoms with Crippen molar-refractivity contribution in [2.24, 2.45) is 0 Å². The maximum atomic E-state index is 14.3. The summed E-state index contributed by atoms with van der Waals surface area (Å²) in [4.78, 5) is 15.2. The van der Waals surface area contributed by atoms with Crippen molar-refractivity contribution in [3.05, 3.63) is 58.9 Å². The number of halogens is 1. The van der Waals surface area contributed by atoms with Gasteiger partial charge in [0.2, 0.25) is 0 Å². The number of rotatable bonds is 3. The van der Waals surface area contributed by atoms with E-state index in [9.17, 15) is 13.4 Å². The Morgan fingerprint density at radius 2 is 2.00 bits per heavy atom. The molecule has 5 nitrogen and oxygen atoms in total. The van der Waals surface area contributed by atoms with Gasteiger partial charge in [0.1, 0.15) is 5.82 Å². The van der Waals surface area contributed by atoms with Crippen LogP contribution in [0.3, 0.4) is 0 Å². The van der Waals surface area contributed by atoms with E-state index < -0.39 is 16.6 Å². The van der Waals surface area contributed by atoms with Gasteiger partial charge in [-0.25, -0.2) is 4.39 Å². The molecule has 2 heterocycles. The Labute approximate surface area is 154 Å². The van der Waals surface area contributed by atoms with E-state index in [2.05, 4.69) is 10.6 Å². The van der Waals surface area contributed by atoms with Crippen molar-refractivity contribution >= 4 is 22.4 Å². The third-order valence-electron chi connectivity index (χ3n) is 4.80.